The van der Waals surface area contributed by atoms with Crippen LogP contribution in [-0.2, 0) is 0 Å². The van der Waals surface area contributed by atoms with Crippen LogP contribution < -0.4 is 11.1 Å². The molecule has 108 valence electrons. The number of carbonyl (C=O) groups is 2. The Kier molecular flexibility index (Phi) is 4.38. The van der Waals surface area contributed by atoms with Crippen molar-refractivity contribution in [2.45, 2.75) is 19.9 Å². The lowest BCUT2D eigenvalue weighted by Crippen LogP contribution is -2.27. The summed E-state index contributed by atoms with van der Waals surface area (Å²) < 4.78 is 0. The first-order chi connectivity index (χ1) is 9.97. The molecule has 0 saturated heterocycles. The molecule has 0 spiro atoms. The Bertz CT molecular complexity index is 663. The summed E-state index contributed by atoms with van der Waals surface area (Å²) in [5.74, 6) is -0.776. The minimum atomic E-state index is -0.545. The molecule has 2 aromatic carbocycles. The third-order valence-electron chi connectivity index (χ3n) is 3.33. The molecule has 4 heteroatoms. The molecule has 0 aliphatic rings. The van der Waals surface area contributed by atoms with Gasteiger partial charge in [-0.15, -0.1) is 0 Å². The second-order valence-corrected chi connectivity index (χ2v) is 5.05. The number of primary amides is 1. The fourth-order valence-electron chi connectivity index (χ4n) is 2.03. The molecule has 0 aromatic heterocycles. The van der Waals surface area contributed by atoms with Crippen molar-refractivity contribution >= 4 is 11.8 Å². The molecular weight excluding hydrogens is 264 g/mol. The zero-order valence-electron chi connectivity index (χ0n) is 12.1. The smallest absolute Gasteiger partial charge is 0.251 e. The predicted octanol–water partition coefficient (Wildman–Crippen LogP) is 2.58. The van der Waals surface area contributed by atoms with Gasteiger partial charge in [-0.25, -0.2) is 0 Å². The largest absolute Gasteiger partial charge is 0.366 e. The molecule has 0 radical (unpaired) electrons. The summed E-state index contributed by atoms with van der Waals surface area (Å²) in [6.45, 7) is 3.93. The van der Waals surface area contributed by atoms with Crippen LogP contribution in [0.15, 0.2) is 48.5 Å². The van der Waals surface area contributed by atoms with Gasteiger partial charge in [0.1, 0.15) is 0 Å². The standard InChI is InChI=1S/C17H18N2O2/c1-11-6-8-13(9-7-11)12(2)19-17(21)15-5-3-4-14(10-15)16(18)20/h3-10,12H,1-2H3,(H2,18,20)(H,19,21)/t12-/m1/s1. The van der Waals surface area contributed by atoms with Gasteiger partial charge in [0, 0.05) is 11.1 Å². The first kappa shape index (κ1) is 14.8. The zero-order valence-corrected chi connectivity index (χ0v) is 12.1. The summed E-state index contributed by atoms with van der Waals surface area (Å²) in [5.41, 5.74) is 8.17. The van der Waals surface area contributed by atoms with Gasteiger partial charge in [0.25, 0.3) is 5.91 Å². The van der Waals surface area contributed by atoms with Gasteiger partial charge in [-0.05, 0) is 37.6 Å². The molecule has 0 bridgehead atoms. The van der Waals surface area contributed by atoms with Crippen molar-refractivity contribution in [1.29, 1.82) is 0 Å². The Balaban J connectivity index is 2.12. The number of nitrogens with two attached hydrogens (primary N) is 1. The number of hydrogen-bond acceptors (Lipinski definition) is 2. The molecule has 3 N–H and O–H groups in total. The maximum atomic E-state index is 12.2. The van der Waals surface area contributed by atoms with Crippen LogP contribution in [-0.4, -0.2) is 11.8 Å². The van der Waals surface area contributed by atoms with Gasteiger partial charge in [0.2, 0.25) is 5.91 Å². The molecular formula is C17H18N2O2. The second-order valence-electron chi connectivity index (χ2n) is 5.05. The van der Waals surface area contributed by atoms with Crippen LogP contribution in [0.3, 0.4) is 0 Å². The Hall–Kier alpha value is -2.62. The lowest BCUT2D eigenvalue weighted by atomic mass is 10.1. The van der Waals surface area contributed by atoms with E-state index >= 15 is 0 Å². The van der Waals surface area contributed by atoms with Gasteiger partial charge < -0.3 is 11.1 Å². The number of carbonyl (C=O) groups excluding carboxylic acids is 2. The van der Waals surface area contributed by atoms with E-state index in [2.05, 4.69) is 5.32 Å². The van der Waals surface area contributed by atoms with Gasteiger partial charge in [-0.1, -0.05) is 35.9 Å². The van der Waals surface area contributed by atoms with Crippen molar-refractivity contribution in [3.05, 3.63) is 70.8 Å². The second kappa shape index (κ2) is 6.22. The van der Waals surface area contributed by atoms with Crippen molar-refractivity contribution in [1.82, 2.24) is 5.32 Å². The van der Waals surface area contributed by atoms with E-state index in [-0.39, 0.29) is 11.9 Å². The van der Waals surface area contributed by atoms with Crippen molar-refractivity contribution in [3.8, 4) is 0 Å². The number of rotatable bonds is 4. The van der Waals surface area contributed by atoms with Crippen molar-refractivity contribution in [2.75, 3.05) is 0 Å². The highest BCUT2D eigenvalue weighted by Crippen LogP contribution is 2.14. The quantitative estimate of drug-likeness (QED) is 0.904. The van der Waals surface area contributed by atoms with Crippen LogP contribution in [0, 0.1) is 6.92 Å². The molecule has 0 aliphatic heterocycles. The molecule has 2 amide bonds. The van der Waals surface area contributed by atoms with Crippen molar-refractivity contribution in [3.63, 3.8) is 0 Å². The van der Waals surface area contributed by atoms with Crippen LogP contribution in [0.2, 0.25) is 0 Å². The number of nitrogens with one attached hydrogen (secondary N) is 1. The van der Waals surface area contributed by atoms with Crippen LogP contribution in [0.4, 0.5) is 0 Å². The third kappa shape index (κ3) is 3.69. The summed E-state index contributed by atoms with van der Waals surface area (Å²) in [5, 5.41) is 2.91. The molecule has 0 heterocycles. The fourth-order valence-corrected chi connectivity index (χ4v) is 2.03. The van der Waals surface area contributed by atoms with Gasteiger partial charge >= 0.3 is 0 Å². The molecule has 0 fully saturated rings. The summed E-state index contributed by atoms with van der Waals surface area (Å²) >= 11 is 0. The maximum absolute atomic E-state index is 12.2. The van der Waals surface area contributed by atoms with E-state index in [4.69, 9.17) is 5.73 Å². The summed E-state index contributed by atoms with van der Waals surface area (Å²) in [7, 11) is 0. The van der Waals surface area contributed by atoms with E-state index in [1.165, 1.54) is 11.6 Å². The Labute approximate surface area is 124 Å². The molecule has 0 unspecified atom stereocenters. The zero-order chi connectivity index (χ0) is 15.4. The topological polar surface area (TPSA) is 72.2 Å². The summed E-state index contributed by atoms with van der Waals surface area (Å²) in [6.07, 6.45) is 0. The van der Waals surface area contributed by atoms with E-state index < -0.39 is 5.91 Å². The minimum absolute atomic E-state index is 0.115. The number of benzene rings is 2. The maximum Gasteiger partial charge on any atom is 0.251 e. The SMILES string of the molecule is Cc1ccc([C@@H](C)NC(=O)c2cccc(C(N)=O)c2)cc1. The van der Waals surface area contributed by atoms with E-state index in [0.29, 0.717) is 11.1 Å². The molecule has 1 atom stereocenters. The molecule has 21 heavy (non-hydrogen) atoms. The van der Waals surface area contributed by atoms with Crippen molar-refractivity contribution in [2.24, 2.45) is 5.73 Å². The average Bonchev–Trinajstić information content (AvgIpc) is 2.48. The van der Waals surface area contributed by atoms with Gasteiger partial charge in [-0.3, -0.25) is 9.59 Å². The molecule has 2 rings (SSSR count). The molecule has 0 saturated carbocycles. The molecule has 4 nitrogen and oxygen atoms in total. The lowest BCUT2D eigenvalue weighted by Gasteiger charge is -2.15. The number of aryl methyl sites for hydroxylation is 1. The Morgan fingerprint density at radius 3 is 2.29 bits per heavy atom. The van der Waals surface area contributed by atoms with Crippen LogP contribution in [0.5, 0.6) is 0 Å². The average molecular weight is 282 g/mol. The number of amides is 2. The van der Waals surface area contributed by atoms with E-state index in [9.17, 15) is 9.59 Å². The first-order valence-corrected chi connectivity index (χ1v) is 6.74. The van der Waals surface area contributed by atoms with Crippen LogP contribution in [0.25, 0.3) is 0 Å². The highest BCUT2D eigenvalue weighted by atomic mass is 16.2. The third-order valence-corrected chi connectivity index (χ3v) is 3.33. The van der Waals surface area contributed by atoms with Gasteiger partial charge in [0.05, 0.1) is 6.04 Å². The van der Waals surface area contributed by atoms with Crippen LogP contribution >= 0.6 is 0 Å². The van der Waals surface area contributed by atoms with Crippen LogP contribution in [0.1, 0.15) is 44.8 Å². The predicted molar refractivity (Wildman–Crippen MR) is 82.0 cm³/mol. The van der Waals surface area contributed by atoms with Crippen molar-refractivity contribution < 1.29 is 9.59 Å². The van der Waals surface area contributed by atoms with Gasteiger partial charge in [-0.2, -0.15) is 0 Å². The first-order valence-electron chi connectivity index (χ1n) is 6.74. The minimum Gasteiger partial charge on any atom is -0.366 e. The Morgan fingerprint density at radius 1 is 1.05 bits per heavy atom. The monoisotopic (exact) mass is 282 g/mol. The highest BCUT2D eigenvalue weighted by molar-refractivity contribution is 5.99. The summed E-state index contributed by atoms with van der Waals surface area (Å²) in [6, 6.07) is 14.3. The molecule has 2 aromatic rings. The lowest BCUT2D eigenvalue weighted by molar-refractivity contribution is 0.0940. The summed E-state index contributed by atoms with van der Waals surface area (Å²) in [4.78, 5) is 23.3. The molecule has 0 aliphatic carbocycles. The van der Waals surface area contributed by atoms with E-state index in [0.717, 1.165) is 5.56 Å². The normalized spacial score (nSPS) is 11.7. The van der Waals surface area contributed by atoms with E-state index in [1.54, 1.807) is 18.2 Å². The van der Waals surface area contributed by atoms with E-state index in [1.807, 2.05) is 38.1 Å². The fraction of sp³-hybridized carbons (Fsp3) is 0.176. The highest BCUT2D eigenvalue weighted by Gasteiger charge is 2.12. The Morgan fingerprint density at radius 2 is 1.67 bits per heavy atom. The van der Waals surface area contributed by atoms with Gasteiger partial charge in [0.15, 0.2) is 0 Å². The number of hydrogen-bond donors (Lipinski definition) is 2.